The summed E-state index contributed by atoms with van der Waals surface area (Å²) in [5.74, 6) is 0.513. The summed E-state index contributed by atoms with van der Waals surface area (Å²) in [5, 5.41) is 1.33. The molecule has 0 bridgehead atoms. The minimum Gasteiger partial charge on any atom is -0.361 e. The molecule has 3 rings (SSSR count). The predicted octanol–water partition coefficient (Wildman–Crippen LogP) is 5.69. The Morgan fingerprint density at radius 2 is 1.68 bits per heavy atom. The zero-order chi connectivity index (χ0) is 15.7. The molecule has 114 valence electrons. The van der Waals surface area contributed by atoms with Crippen molar-refractivity contribution in [3.8, 4) is 0 Å². The lowest BCUT2D eigenvalue weighted by molar-refractivity contribution is 0.408. The van der Waals surface area contributed by atoms with Gasteiger partial charge in [0, 0.05) is 22.5 Å². The smallest absolute Gasteiger partial charge is 0.0457 e. The summed E-state index contributed by atoms with van der Waals surface area (Å²) < 4.78 is 0. The summed E-state index contributed by atoms with van der Waals surface area (Å²) in [5.41, 5.74) is 5.40. The highest BCUT2D eigenvalue weighted by atomic mass is 14.7. The number of aryl methyl sites for hydroxylation is 1. The van der Waals surface area contributed by atoms with Crippen LogP contribution in [-0.4, -0.2) is 4.98 Å². The van der Waals surface area contributed by atoms with Crippen molar-refractivity contribution >= 4 is 10.9 Å². The maximum absolute atomic E-state index is 3.44. The van der Waals surface area contributed by atoms with E-state index in [0.717, 1.165) is 6.42 Å². The number of aromatic nitrogens is 1. The highest BCUT2D eigenvalue weighted by molar-refractivity contribution is 5.85. The average Bonchev–Trinajstić information content (AvgIpc) is 2.98. The number of hydrogen-bond donors (Lipinski definition) is 1. The van der Waals surface area contributed by atoms with Gasteiger partial charge in [0.05, 0.1) is 0 Å². The first-order chi connectivity index (χ1) is 10.6. The van der Waals surface area contributed by atoms with E-state index in [0.29, 0.717) is 5.92 Å². The molecular formula is C21H25N. The van der Waals surface area contributed by atoms with Crippen LogP contribution in [0.25, 0.3) is 10.9 Å². The van der Waals surface area contributed by atoms with Gasteiger partial charge in [0.15, 0.2) is 0 Å². The Bertz CT molecular complexity index is 764. The van der Waals surface area contributed by atoms with E-state index in [1.54, 1.807) is 0 Å². The van der Waals surface area contributed by atoms with Crippen LogP contribution in [0.15, 0.2) is 54.7 Å². The van der Waals surface area contributed by atoms with E-state index in [1.807, 2.05) is 0 Å². The average molecular weight is 291 g/mol. The molecule has 1 N–H and O–H groups in total. The monoisotopic (exact) mass is 291 g/mol. The highest BCUT2D eigenvalue weighted by Gasteiger charge is 2.34. The van der Waals surface area contributed by atoms with Crippen LogP contribution < -0.4 is 0 Å². The summed E-state index contributed by atoms with van der Waals surface area (Å²) in [6.45, 7) is 9.20. The van der Waals surface area contributed by atoms with Crippen molar-refractivity contribution < 1.29 is 0 Å². The molecule has 0 radical (unpaired) electrons. The molecule has 3 aromatic rings. The van der Waals surface area contributed by atoms with Crippen molar-refractivity contribution in [1.82, 2.24) is 4.98 Å². The van der Waals surface area contributed by atoms with E-state index >= 15 is 0 Å². The fourth-order valence-electron chi connectivity index (χ4n) is 3.39. The molecule has 22 heavy (non-hydrogen) atoms. The largest absolute Gasteiger partial charge is 0.361 e. The molecule has 1 heteroatoms. The molecule has 1 atom stereocenters. The number of H-pyrrole nitrogens is 1. The second-order valence-electron chi connectivity index (χ2n) is 6.66. The number of para-hydroxylation sites is 1. The van der Waals surface area contributed by atoms with E-state index in [4.69, 9.17) is 0 Å². The van der Waals surface area contributed by atoms with Crippen LogP contribution >= 0.6 is 0 Å². The van der Waals surface area contributed by atoms with Gasteiger partial charge in [-0.3, -0.25) is 0 Å². The van der Waals surface area contributed by atoms with E-state index in [9.17, 15) is 0 Å². The van der Waals surface area contributed by atoms with Crippen LogP contribution in [0.3, 0.4) is 0 Å². The Balaban J connectivity index is 2.19. The van der Waals surface area contributed by atoms with Crippen molar-refractivity contribution in [2.24, 2.45) is 5.92 Å². The van der Waals surface area contributed by atoms with Crippen molar-refractivity contribution in [2.75, 3.05) is 0 Å². The maximum Gasteiger partial charge on any atom is 0.0457 e. The Morgan fingerprint density at radius 3 is 2.32 bits per heavy atom. The topological polar surface area (TPSA) is 15.8 Å². The highest BCUT2D eigenvalue weighted by Crippen LogP contribution is 2.42. The molecule has 1 heterocycles. The van der Waals surface area contributed by atoms with Crippen molar-refractivity contribution in [2.45, 2.75) is 39.5 Å². The number of aromatic amines is 1. The van der Waals surface area contributed by atoms with Crippen LogP contribution in [0.2, 0.25) is 0 Å². The van der Waals surface area contributed by atoms with Gasteiger partial charge in [0.25, 0.3) is 0 Å². The Morgan fingerprint density at radius 1 is 1.00 bits per heavy atom. The lowest BCUT2D eigenvalue weighted by atomic mass is 9.68. The van der Waals surface area contributed by atoms with Gasteiger partial charge < -0.3 is 4.98 Å². The summed E-state index contributed by atoms with van der Waals surface area (Å²) in [6.07, 6.45) is 3.28. The van der Waals surface area contributed by atoms with Crippen LogP contribution in [0.4, 0.5) is 0 Å². The molecule has 0 saturated carbocycles. The van der Waals surface area contributed by atoms with Crippen molar-refractivity contribution in [3.63, 3.8) is 0 Å². The lowest BCUT2D eigenvalue weighted by Gasteiger charge is -2.35. The van der Waals surface area contributed by atoms with E-state index in [-0.39, 0.29) is 5.41 Å². The van der Waals surface area contributed by atoms with Crippen molar-refractivity contribution in [3.05, 3.63) is 71.4 Å². The van der Waals surface area contributed by atoms with Crippen molar-refractivity contribution in [1.29, 1.82) is 0 Å². The van der Waals surface area contributed by atoms with Gasteiger partial charge in [-0.15, -0.1) is 0 Å². The zero-order valence-electron chi connectivity index (χ0n) is 14.0. The van der Waals surface area contributed by atoms with Gasteiger partial charge in [-0.1, -0.05) is 70.2 Å². The van der Waals surface area contributed by atoms with E-state index < -0.39 is 0 Å². The summed E-state index contributed by atoms with van der Waals surface area (Å²) >= 11 is 0. The van der Waals surface area contributed by atoms with Gasteiger partial charge in [-0.05, 0) is 35.1 Å². The number of nitrogens with one attached hydrogen (secondary N) is 1. The lowest BCUT2D eigenvalue weighted by Crippen LogP contribution is -2.29. The third-order valence-electron chi connectivity index (χ3n) is 5.27. The van der Waals surface area contributed by atoms with Crippen LogP contribution in [0.5, 0.6) is 0 Å². The molecule has 0 spiro atoms. The van der Waals surface area contributed by atoms with Crippen LogP contribution in [-0.2, 0) is 11.8 Å². The summed E-state index contributed by atoms with van der Waals surface area (Å²) in [6, 6.07) is 17.7. The minimum absolute atomic E-state index is 0.00583. The maximum atomic E-state index is 3.44. The Kier molecular flexibility index (Phi) is 3.82. The molecule has 1 nitrogen and oxygen atoms in total. The van der Waals surface area contributed by atoms with Gasteiger partial charge >= 0.3 is 0 Å². The number of fused-ring (bicyclic) bond motifs is 1. The third kappa shape index (κ3) is 2.25. The van der Waals surface area contributed by atoms with Gasteiger partial charge in [0.1, 0.15) is 0 Å². The summed E-state index contributed by atoms with van der Waals surface area (Å²) in [7, 11) is 0. The quantitative estimate of drug-likeness (QED) is 0.635. The molecule has 2 aromatic carbocycles. The first-order valence-corrected chi connectivity index (χ1v) is 8.23. The van der Waals surface area contributed by atoms with E-state index in [2.05, 4.69) is 87.4 Å². The molecule has 0 aliphatic heterocycles. The Hall–Kier alpha value is -2.02. The molecule has 0 amide bonds. The number of rotatable bonds is 4. The molecular weight excluding hydrogens is 266 g/mol. The fraction of sp³-hybridized carbons (Fsp3) is 0.333. The molecule has 0 fully saturated rings. The van der Waals surface area contributed by atoms with Gasteiger partial charge in [-0.2, -0.15) is 0 Å². The van der Waals surface area contributed by atoms with Gasteiger partial charge in [-0.25, -0.2) is 0 Å². The summed E-state index contributed by atoms with van der Waals surface area (Å²) in [4.78, 5) is 3.44. The van der Waals surface area contributed by atoms with Gasteiger partial charge in [0.2, 0.25) is 0 Å². The Labute approximate surface area is 133 Å². The van der Waals surface area contributed by atoms with E-state index in [1.165, 1.54) is 27.6 Å². The standard InChI is InChI=1S/C21H25N/c1-5-16-10-12-17(13-11-16)21(4,15(2)3)19-14-22-20-9-7-6-8-18(19)20/h6-15,22H,5H2,1-4H3. The van der Waals surface area contributed by atoms with Crippen LogP contribution in [0, 0.1) is 5.92 Å². The zero-order valence-corrected chi connectivity index (χ0v) is 14.0. The third-order valence-corrected chi connectivity index (χ3v) is 5.27. The minimum atomic E-state index is 0.00583. The molecule has 1 unspecified atom stereocenters. The van der Waals surface area contributed by atoms with Crippen LogP contribution in [0.1, 0.15) is 44.4 Å². The molecule has 0 aliphatic rings. The number of hydrogen-bond acceptors (Lipinski definition) is 0. The molecule has 0 aliphatic carbocycles. The first kappa shape index (κ1) is 14.9. The fourth-order valence-corrected chi connectivity index (χ4v) is 3.39. The first-order valence-electron chi connectivity index (χ1n) is 8.23. The SMILES string of the molecule is CCc1ccc(C(C)(c2c[nH]c3ccccc23)C(C)C)cc1. The number of benzene rings is 2. The second-order valence-corrected chi connectivity index (χ2v) is 6.66. The molecule has 1 aromatic heterocycles. The normalized spacial score (nSPS) is 14.4. The predicted molar refractivity (Wildman–Crippen MR) is 95.4 cm³/mol. The second kappa shape index (κ2) is 5.64. The molecule has 0 saturated heterocycles.